The molecule has 0 heterocycles. The zero-order valence-corrected chi connectivity index (χ0v) is 7.71. The number of aliphatic hydroxyl groups excluding tert-OH is 2. The fourth-order valence-electron chi connectivity index (χ4n) is 0.798. The quantitative estimate of drug-likeness (QED) is 0.383. The molecule has 0 aromatic rings. The summed E-state index contributed by atoms with van der Waals surface area (Å²) in [5.74, 6) is 0. The number of allylic oxidation sites excluding steroid dienone is 1. The third-order valence-electron chi connectivity index (χ3n) is 1.83. The molecule has 0 radical (unpaired) electrons. The second kappa shape index (κ2) is 6.17. The van der Waals surface area contributed by atoms with Crippen molar-refractivity contribution in [1.82, 2.24) is 5.32 Å². The Balaban J connectivity index is 3.51. The van der Waals surface area contributed by atoms with Gasteiger partial charge in [-0.1, -0.05) is 6.08 Å². The van der Waals surface area contributed by atoms with E-state index in [-0.39, 0.29) is 13.2 Å². The lowest BCUT2D eigenvalue weighted by atomic mass is 10.1. The number of hydrogen-bond acceptors (Lipinski definition) is 3. The molecular weight excluding hydrogens is 154 g/mol. The predicted molar refractivity (Wildman–Crippen MR) is 50.0 cm³/mol. The lowest BCUT2D eigenvalue weighted by Crippen LogP contribution is -2.49. The van der Waals surface area contributed by atoms with Crippen LogP contribution in [0.15, 0.2) is 12.7 Å². The normalized spacial score (nSPS) is 11.6. The summed E-state index contributed by atoms with van der Waals surface area (Å²) in [5.41, 5.74) is -0.541. The minimum atomic E-state index is -0.541. The lowest BCUT2D eigenvalue weighted by Gasteiger charge is -2.26. The topological polar surface area (TPSA) is 52.5 Å². The number of hydrogen-bond donors (Lipinski definition) is 3. The maximum Gasteiger partial charge on any atom is 0.0633 e. The monoisotopic (exact) mass is 173 g/mol. The third kappa shape index (κ3) is 4.49. The van der Waals surface area contributed by atoms with Gasteiger partial charge in [-0.15, -0.1) is 6.58 Å². The molecule has 0 fully saturated rings. The van der Waals surface area contributed by atoms with Gasteiger partial charge in [-0.25, -0.2) is 0 Å². The summed E-state index contributed by atoms with van der Waals surface area (Å²) in [6, 6.07) is 0. The van der Waals surface area contributed by atoms with Crippen molar-refractivity contribution in [3.63, 3.8) is 0 Å². The molecule has 3 N–H and O–H groups in total. The molecule has 0 saturated carbocycles. The summed E-state index contributed by atoms with van der Waals surface area (Å²) < 4.78 is 0. The molecule has 0 atom stereocenters. The molecule has 0 aromatic carbocycles. The second-order valence-electron chi connectivity index (χ2n) is 3.23. The highest BCUT2D eigenvalue weighted by atomic mass is 16.3. The van der Waals surface area contributed by atoms with Crippen LogP contribution in [0.5, 0.6) is 0 Å². The van der Waals surface area contributed by atoms with Crippen LogP contribution < -0.4 is 5.32 Å². The van der Waals surface area contributed by atoms with Crippen LogP contribution in [0.25, 0.3) is 0 Å². The van der Waals surface area contributed by atoms with Gasteiger partial charge in [0.15, 0.2) is 0 Å². The van der Waals surface area contributed by atoms with E-state index < -0.39 is 5.54 Å². The Bertz CT molecular complexity index is 122. The van der Waals surface area contributed by atoms with Crippen LogP contribution in [0, 0.1) is 0 Å². The zero-order valence-electron chi connectivity index (χ0n) is 7.71. The van der Waals surface area contributed by atoms with Gasteiger partial charge in [-0.2, -0.15) is 0 Å². The Kier molecular flexibility index (Phi) is 5.98. The van der Waals surface area contributed by atoms with E-state index in [1.807, 2.05) is 6.08 Å². The van der Waals surface area contributed by atoms with Crippen molar-refractivity contribution in [1.29, 1.82) is 0 Å². The highest BCUT2D eigenvalue weighted by molar-refractivity contribution is 4.81. The Morgan fingerprint density at radius 2 is 2.00 bits per heavy atom. The van der Waals surface area contributed by atoms with Gasteiger partial charge in [0.05, 0.1) is 18.8 Å². The van der Waals surface area contributed by atoms with Gasteiger partial charge in [0.2, 0.25) is 0 Å². The number of nitrogens with one attached hydrogen (secondary N) is 1. The Labute approximate surface area is 74.1 Å². The first-order chi connectivity index (χ1) is 5.68. The van der Waals surface area contributed by atoms with Gasteiger partial charge in [-0.3, -0.25) is 0 Å². The molecule has 0 saturated heterocycles. The van der Waals surface area contributed by atoms with E-state index in [9.17, 15) is 0 Å². The maximum atomic E-state index is 8.90. The van der Waals surface area contributed by atoms with Crippen LogP contribution in [0.3, 0.4) is 0 Å². The maximum absolute atomic E-state index is 8.90. The molecule has 0 amide bonds. The van der Waals surface area contributed by atoms with Crippen LogP contribution in [-0.2, 0) is 0 Å². The van der Waals surface area contributed by atoms with Gasteiger partial charge < -0.3 is 15.5 Å². The molecule has 0 aliphatic rings. The molecule has 0 bridgehead atoms. The van der Waals surface area contributed by atoms with Gasteiger partial charge >= 0.3 is 0 Å². The van der Waals surface area contributed by atoms with E-state index >= 15 is 0 Å². The third-order valence-corrected chi connectivity index (χ3v) is 1.83. The summed E-state index contributed by atoms with van der Waals surface area (Å²) >= 11 is 0. The van der Waals surface area contributed by atoms with E-state index in [1.165, 1.54) is 0 Å². The van der Waals surface area contributed by atoms with Crippen molar-refractivity contribution in [2.24, 2.45) is 0 Å². The van der Waals surface area contributed by atoms with Crippen LogP contribution >= 0.6 is 0 Å². The van der Waals surface area contributed by atoms with E-state index in [0.29, 0.717) is 0 Å². The molecule has 0 rings (SSSR count). The molecule has 0 unspecified atom stereocenters. The Hall–Kier alpha value is -0.380. The summed E-state index contributed by atoms with van der Waals surface area (Å²) in [6.45, 7) is 6.11. The molecule has 3 nitrogen and oxygen atoms in total. The van der Waals surface area contributed by atoms with Gasteiger partial charge in [-0.05, 0) is 26.3 Å². The van der Waals surface area contributed by atoms with Gasteiger partial charge in [0.25, 0.3) is 0 Å². The first-order valence-electron chi connectivity index (χ1n) is 4.26. The van der Waals surface area contributed by atoms with Crippen molar-refractivity contribution in [3.8, 4) is 0 Å². The van der Waals surface area contributed by atoms with Crippen molar-refractivity contribution in [3.05, 3.63) is 12.7 Å². The molecule has 3 heteroatoms. The Morgan fingerprint density at radius 3 is 2.42 bits per heavy atom. The molecule has 12 heavy (non-hydrogen) atoms. The standard InChI is InChI=1S/C9H19NO2/c1-3-4-5-6-10-9(2,7-11)8-12/h3,10-12H,1,4-8H2,2H3. The fraction of sp³-hybridized carbons (Fsp3) is 0.778. The highest BCUT2D eigenvalue weighted by Crippen LogP contribution is 2.00. The molecule has 0 aliphatic carbocycles. The van der Waals surface area contributed by atoms with E-state index in [0.717, 1.165) is 19.4 Å². The summed E-state index contributed by atoms with van der Waals surface area (Å²) in [6.07, 6.45) is 3.80. The van der Waals surface area contributed by atoms with Crippen molar-refractivity contribution in [2.45, 2.75) is 25.3 Å². The first-order valence-corrected chi connectivity index (χ1v) is 4.26. The average molecular weight is 173 g/mol. The van der Waals surface area contributed by atoms with Crippen LogP contribution in [0.1, 0.15) is 19.8 Å². The number of unbranched alkanes of at least 4 members (excludes halogenated alkanes) is 1. The molecular formula is C9H19NO2. The summed E-state index contributed by atoms with van der Waals surface area (Å²) in [4.78, 5) is 0. The minimum Gasteiger partial charge on any atom is -0.394 e. The van der Waals surface area contributed by atoms with Crippen LogP contribution in [0.2, 0.25) is 0 Å². The van der Waals surface area contributed by atoms with Crippen LogP contribution in [0.4, 0.5) is 0 Å². The second-order valence-corrected chi connectivity index (χ2v) is 3.23. The SMILES string of the molecule is C=CCCCNC(C)(CO)CO. The van der Waals surface area contributed by atoms with Crippen molar-refractivity contribution >= 4 is 0 Å². The number of rotatable bonds is 7. The molecule has 0 spiro atoms. The van der Waals surface area contributed by atoms with Crippen molar-refractivity contribution in [2.75, 3.05) is 19.8 Å². The number of aliphatic hydroxyl groups is 2. The van der Waals surface area contributed by atoms with E-state index in [4.69, 9.17) is 10.2 Å². The largest absolute Gasteiger partial charge is 0.394 e. The van der Waals surface area contributed by atoms with E-state index in [1.54, 1.807) is 6.92 Å². The molecule has 72 valence electrons. The predicted octanol–water partition coefficient (Wildman–Crippen LogP) is 0.285. The Morgan fingerprint density at radius 1 is 1.42 bits per heavy atom. The van der Waals surface area contributed by atoms with Gasteiger partial charge in [0.1, 0.15) is 0 Å². The summed E-state index contributed by atoms with van der Waals surface area (Å²) in [5, 5.41) is 20.9. The minimum absolute atomic E-state index is 0.0441. The fourth-order valence-corrected chi connectivity index (χ4v) is 0.798. The van der Waals surface area contributed by atoms with Crippen LogP contribution in [-0.4, -0.2) is 35.5 Å². The average Bonchev–Trinajstić information content (AvgIpc) is 2.12. The summed E-state index contributed by atoms with van der Waals surface area (Å²) in [7, 11) is 0. The van der Waals surface area contributed by atoms with Gasteiger partial charge in [0, 0.05) is 0 Å². The first kappa shape index (κ1) is 11.6. The van der Waals surface area contributed by atoms with Crippen molar-refractivity contribution < 1.29 is 10.2 Å². The zero-order chi connectivity index (χ0) is 9.45. The lowest BCUT2D eigenvalue weighted by molar-refractivity contribution is 0.104. The van der Waals surface area contributed by atoms with E-state index in [2.05, 4.69) is 11.9 Å². The highest BCUT2D eigenvalue weighted by Gasteiger charge is 2.20. The molecule has 0 aliphatic heterocycles. The smallest absolute Gasteiger partial charge is 0.0633 e. The molecule has 0 aromatic heterocycles.